The number of fused-ring (bicyclic) bond motifs is 1. The summed E-state index contributed by atoms with van der Waals surface area (Å²) in [5.74, 6) is 1.15. The van der Waals surface area contributed by atoms with E-state index in [1.807, 2.05) is 73.0 Å². The van der Waals surface area contributed by atoms with E-state index < -0.39 is 17.7 Å². The van der Waals surface area contributed by atoms with Crippen LogP contribution in [0.5, 0.6) is 5.75 Å². The van der Waals surface area contributed by atoms with Crippen molar-refractivity contribution in [3.63, 3.8) is 0 Å². The summed E-state index contributed by atoms with van der Waals surface area (Å²) in [7, 11) is 0. The highest BCUT2D eigenvalue weighted by atomic mass is 32.2. The molecule has 0 fully saturated rings. The molecule has 0 aliphatic carbocycles. The smallest absolute Gasteiger partial charge is 0.408 e. The molecular formula is C27H32N2O4S. The lowest BCUT2D eigenvalue weighted by molar-refractivity contribution is -0.118. The summed E-state index contributed by atoms with van der Waals surface area (Å²) < 4.78 is 11.3. The van der Waals surface area contributed by atoms with Gasteiger partial charge in [-0.3, -0.25) is 4.79 Å². The molecule has 3 aromatic rings. The van der Waals surface area contributed by atoms with Gasteiger partial charge in [-0.2, -0.15) is 11.8 Å². The van der Waals surface area contributed by atoms with Gasteiger partial charge >= 0.3 is 6.09 Å². The van der Waals surface area contributed by atoms with E-state index in [-0.39, 0.29) is 5.91 Å². The Labute approximate surface area is 205 Å². The maximum absolute atomic E-state index is 13.1. The van der Waals surface area contributed by atoms with Crippen molar-refractivity contribution in [2.45, 2.75) is 45.4 Å². The molecule has 1 atom stereocenters. The highest BCUT2D eigenvalue weighted by molar-refractivity contribution is 7.98. The van der Waals surface area contributed by atoms with Crippen LogP contribution in [0, 0.1) is 0 Å². The minimum absolute atomic E-state index is 0.289. The van der Waals surface area contributed by atoms with Crippen LogP contribution in [-0.2, 0) is 16.1 Å². The van der Waals surface area contributed by atoms with E-state index in [0.717, 1.165) is 22.1 Å². The fraction of sp³-hybridized carbons (Fsp3) is 0.333. The topological polar surface area (TPSA) is 76.7 Å². The summed E-state index contributed by atoms with van der Waals surface area (Å²) in [6.45, 7) is 5.82. The van der Waals surface area contributed by atoms with Gasteiger partial charge in [0.05, 0.1) is 0 Å². The molecule has 0 aliphatic rings. The lowest BCUT2D eigenvalue weighted by Gasteiger charge is -2.23. The van der Waals surface area contributed by atoms with Gasteiger partial charge in [0.25, 0.3) is 0 Å². The fourth-order valence-corrected chi connectivity index (χ4v) is 3.84. The second kappa shape index (κ2) is 11.8. The number of benzene rings is 3. The molecule has 6 nitrogen and oxygen atoms in total. The quantitative estimate of drug-likeness (QED) is 0.393. The van der Waals surface area contributed by atoms with E-state index in [0.29, 0.717) is 24.5 Å². The first-order valence-electron chi connectivity index (χ1n) is 11.2. The number of hydrogen-bond donors (Lipinski definition) is 2. The number of alkyl carbamates (subject to hydrolysis) is 1. The molecule has 0 radical (unpaired) electrons. The Morgan fingerprint density at radius 3 is 2.47 bits per heavy atom. The van der Waals surface area contributed by atoms with E-state index in [2.05, 4.69) is 10.6 Å². The molecule has 2 N–H and O–H groups in total. The molecule has 0 bridgehead atoms. The maximum Gasteiger partial charge on any atom is 0.408 e. The van der Waals surface area contributed by atoms with Crippen molar-refractivity contribution in [3.05, 3.63) is 72.3 Å². The molecule has 0 aromatic heterocycles. The van der Waals surface area contributed by atoms with Crippen LogP contribution in [0.2, 0.25) is 0 Å². The number of nitrogens with one attached hydrogen (secondary N) is 2. The molecule has 180 valence electrons. The summed E-state index contributed by atoms with van der Waals surface area (Å²) in [5.41, 5.74) is 1.10. The summed E-state index contributed by atoms with van der Waals surface area (Å²) >= 11 is 1.61. The molecule has 0 saturated carbocycles. The first kappa shape index (κ1) is 25.4. The minimum atomic E-state index is -0.713. The summed E-state index contributed by atoms with van der Waals surface area (Å²) in [6.07, 6.45) is 1.84. The van der Waals surface area contributed by atoms with Crippen LogP contribution >= 0.6 is 11.8 Å². The normalized spacial score (nSPS) is 12.1. The number of carbonyl (C=O) groups is 2. The predicted molar refractivity (Wildman–Crippen MR) is 140 cm³/mol. The molecule has 3 rings (SSSR count). The molecule has 0 unspecified atom stereocenters. The van der Waals surface area contributed by atoms with Crippen LogP contribution in [-0.4, -0.2) is 35.7 Å². The van der Waals surface area contributed by atoms with Crippen molar-refractivity contribution in [1.82, 2.24) is 5.32 Å². The van der Waals surface area contributed by atoms with E-state index in [4.69, 9.17) is 9.47 Å². The third-order valence-electron chi connectivity index (χ3n) is 4.98. The van der Waals surface area contributed by atoms with E-state index in [1.54, 1.807) is 32.5 Å². The van der Waals surface area contributed by atoms with Crippen LogP contribution < -0.4 is 15.4 Å². The Hall–Kier alpha value is -3.19. The van der Waals surface area contributed by atoms with Crippen LogP contribution in [0.4, 0.5) is 10.5 Å². The van der Waals surface area contributed by atoms with Crippen LogP contribution in [0.15, 0.2) is 66.7 Å². The zero-order valence-electron chi connectivity index (χ0n) is 20.1. The van der Waals surface area contributed by atoms with Gasteiger partial charge in [-0.15, -0.1) is 0 Å². The van der Waals surface area contributed by atoms with Crippen molar-refractivity contribution in [3.8, 4) is 5.75 Å². The van der Waals surface area contributed by atoms with E-state index >= 15 is 0 Å². The molecule has 34 heavy (non-hydrogen) atoms. The Kier molecular flexibility index (Phi) is 8.82. The zero-order valence-corrected chi connectivity index (χ0v) is 20.9. The second-order valence-electron chi connectivity index (χ2n) is 8.93. The molecule has 3 aromatic carbocycles. The fourth-order valence-electron chi connectivity index (χ4n) is 3.37. The standard InChI is InChI=1S/C27H32N2O4S/c1-27(2,3)33-26(31)29-24(15-16-34-4)25(30)28-23-12-8-11-20-13-14-21(17-22(20)23)32-18-19-9-6-5-7-10-19/h5-14,17,24H,15-16,18H2,1-4H3,(H,28,30)(H,29,31)/t24-/m1/s1. The largest absolute Gasteiger partial charge is 0.489 e. The number of anilines is 1. The van der Waals surface area contributed by atoms with E-state index in [9.17, 15) is 9.59 Å². The van der Waals surface area contributed by atoms with Gasteiger partial charge in [-0.25, -0.2) is 4.79 Å². The lowest BCUT2D eigenvalue weighted by Crippen LogP contribution is -2.46. The van der Waals surface area contributed by atoms with Gasteiger partial charge in [0.2, 0.25) is 5.91 Å². The lowest BCUT2D eigenvalue weighted by atomic mass is 10.1. The number of amides is 2. The van der Waals surface area contributed by atoms with Crippen molar-refractivity contribution in [2.75, 3.05) is 17.3 Å². The van der Waals surface area contributed by atoms with Gasteiger partial charge in [0.15, 0.2) is 0 Å². The molecule has 0 aliphatic heterocycles. The molecule has 0 saturated heterocycles. The monoisotopic (exact) mass is 480 g/mol. The summed E-state index contributed by atoms with van der Waals surface area (Å²) in [6, 6.07) is 20.8. The number of carbonyl (C=O) groups excluding carboxylic acids is 2. The van der Waals surface area contributed by atoms with Crippen LogP contribution in [0.3, 0.4) is 0 Å². The first-order chi connectivity index (χ1) is 16.2. The zero-order chi connectivity index (χ0) is 24.6. The average molecular weight is 481 g/mol. The Bertz CT molecular complexity index is 1110. The van der Waals surface area contributed by atoms with Crippen molar-refractivity contribution in [1.29, 1.82) is 0 Å². The van der Waals surface area contributed by atoms with Gasteiger partial charge in [-0.05, 0) is 68.3 Å². The third kappa shape index (κ3) is 7.70. The van der Waals surface area contributed by atoms with Gasteiger partial charge < -0.3 is 20.1 Å². The van der Waals surface area contributed by atoms with Gasteiger partial charge in [0.1, 0.15) is 24.0 Å². The van der Waals surface area contributed by atoms with Crippen molar-refractivity contribution >= 4 is 40.2 Å². The molecule has 0 spiro atoms. The van der Waals surface area contributed by atoms with Crippen molar-refractivity contribution < 1.29 is 19.1 Å². The molecule has 2 amide bonds. The highest BCUT2D eigenvalue weighted by Gasteiger charge is 2.24. The Morgan fingerprint density at radius 1 is 1.00 bits per heavy atom. The maximum atomic E-state index is 13.1. The Morgan fingerprint density at radius 2 is 1.76 bits per heavy atom. The van der Waals surface area contributed by atoms with Crippen LogP contribution in [0.25, 0.3) is 10.8 Å². The second-order valence-corrected chi connectivity index (χ2v) is 9.92. The molecule has 7 heteroatoms. The van der Waals surface area contributed by atoms with Crippen molar-refractivity contribution in [2.24, 2.45) is 0 Å². The van der Waals surface area contributed by atoms with E-state index in [1.165, 1.54) is 0 Å². The SMILES string of the molecule is CSCC[C@@H](NC(=O)OC(C)(C)C)C(=O)Nc1cccc2ccc(OCc3ccccc3)cc12. The first-order valence-corrected chi connectivity index (χ1v) is 12.6. The number of hydrogen-bond acceptors (Lipinski definition) is 5. The average Bonchev–Trinajstić information content (AvgIpc) is 2.80. The molecular weight excluding hydrogens is 448 g/mol. The molecule has 0 heterocycles. The van der Waals surface area contributed by atoms with Gasteiger partial charge in [0, 0.05) is 11.1 Å². The minimum Gasteiger partial charge on any atom is -0.489 e. The Balaban J connectivity index is 1.76. The highest BCUT2D eigenvalue weighted by Crippen LogP contribution is 2.28. The predicted octanol–water partition coefficient (Wildman–Crippen LogP) is 6.00. The van der Waals surface area contributed by atoms with Crippen LogP contribution in [0.1, 0.15) is 32.8 Å². The number of ether oxygens (including phenoxy) is 2. The summed E-state index contributed by atoms with van der Waals surface area (Å²) in [4.78, 5) is 25.4. The number of rotatable bonds is 9. The number of thioether (sulfide) groups is 1. The third-order valence-corrected chi connectivity index (χ3v) is 5.62. The summed E-state index contributed by atoms with van der Waals surface area (Å²) in [5, 5.41) is 7.54. The van der Waals surface area contributed by atoms with Gasteiger partial charge in [-0.1, -0.05) is 48.5 Å².